The van der Waals surface area contributed by atoms with E-state index < -0.39 is 18.0 Å². The molecule has 2 aromatic rings. The molecule has 0 bridgehead atoms. The molecule has 0 saturated carbocycles. The Bertz CT molecular complexity index is 568. The first kappa shape index (κ1) is 15.0. The molecule has 0 aliphatic heterocycles. The van der Waals surface area contributed by atoms with Crippen LogP contribution in [0.4, 0.5) is 4.79 Å². The molecule has 2 amide bonds. The number of carboxylic acid groups (broad SMARTS) is 1. The molecule has 0 aromatic carbocycles. The van der Waals surface area contributed by atoms with Crippen LogP contribution in [0.15, 0.2) is 29.4 Å². The van der Waals surface area contributed by atoms with E-state index in [4.69, 9.17) is 5.11 Å². The molecule has 1 unspecified atom stereocenters. The molecular weight excluding hydrogens is 292 g/mol. The van der Waals surface area contributed by atoms with E-state index in [1.807, 2.05) is 16.8 Å². The minimum Gasteiger partial charge on any atom is -0.480 e. The summed E-state index contributed by atoms with van der Waals surface area (Å²) in [7, 11) is 0. The first-order valence-electron chi connectivity index (χ1n) is 6.40. The molecule has 0 spiro atoms. The number of aromatic amines is 1. The number of aromatic nitrogens is 2. The van der Waals surface area contributed by atoms with Crippen molar-refractivity contribution < 1.29 is 14.7 Å². The zero-order chi connectivity index (χ0) is 15.1. The average molecular weight is 308 g/mol. The number of carbonyl (C=O) groups excluding carboxylic acids is 1. The molecule has 7 nitrogen and oxygen atoms in total. The zero-order valence-electron chi connectivity index (χ0n) is 11.2. The summed E-state index contributed by atoms with van der Waals surface area (Å²) in [5.74, 6) is -1.09. The second-order valence-electron chi connectivity index (χ2n) is 4.45. The largest absolute Gasteiger partial charge is 0.480 e. The number of nitrogens with one attached hydrogen (secondary N) is 3. The zero-order valence-corrected chi connectivity index (χ0v) is 12.0. The number of hydrogen-bond acceptors (Lipinski definition) is 4. The molecule has 8 heteroatoms. The molecule has 21 heavy (non-hydrogen) atoms. The van der Waals surface area contributed by atoms with Gasteiger partial charge in [-0.2, -0.15) is 11.3 Å². The lowest BCUT2D eigenvalue weighted by Gasteiger charge is -2.14. The fraction of sp³-hybridized carbons (Fsp3) is 0.308. The molecule has 2 aromatic heterocycles. The second kappa shape index (κ2) is 7.44. The first-order chi connectivity index (χ1) is 10.1. The summed E-state index contributed by atoms with van der Waals surface area (Å²) in [4.78, 5) is 29.5. The van der Waals surface area contributed by atoms with Crippen molar-refractivity contribution in [3.8, 4) is 0 Å². The van der Waals surface area contributed by atoms with E-state index >= 15 is 0 Å². The quantitative estimate of drug-likeness (QED) is 0.612. The minimum absolute atomic E-state index is 0.160. The van der Waals surface area contributed by atoms with Crippen molar-refractivity contribution >= 4 is 23.3 Å². The van der Waals surface area contributed by atoms with Gasteiger partial charge < -0.3 is 20.7 Å². The summed E-state index contributed by atoms with van der Waals surface area (Å²) in [5, 5.41) is 18.2. The van der Waals surface area contributed by atoms with Gasteiger partial charge in [0.1, 0.15) is 6.04 Å². The number of H-pyrrole nitrogens is 1. The number of imidazole rings is 1. The van der Waals surface area contributed by atoms with Gasteiger partial charge in [-0.1, -0.05) is 0 Å². The van der Waals surface area contributed by atoms with Crippen molar-refractivity contribution in [2.24, 2.45) is 0 Å². The molecule has 0 fully saturated rings. The van der Waals surface area contributed by atoms with Crippen LogP contribution >= 0.6 is 11.3 Å². The maximum atomic E-state index is 11.7. The third-order valence-corrected chi connectivity index (χ3v) is 3.59. The van der Waals surface area contributed by atoms with Gasteiger partial charge in [-0.15, -0.1) is 0 Å². The predicted molar refractivity (Wildman–Crippen MR) is 78.3 cm³/mol. The van der Waals surface area contributed by atoms with Crippen LogP contribution in [0.2, 0.25) is 0 Å². The summed E-state index contributed by atoms with van der Waals surface area (Å²) in [6.45, 7) is 0.457. The van der Waals surface area contributed by atoms with Gasteiger partial charge in [0.25, 0.3) is 0 Å². The number of aliphatic carboxylic acids is 1. The van der Waals surface area contributed by atoms with Crippen LogP contribution in [0.1, 0.15) is 11.3 Å². The predicted octanol–water partition coefficient (Wildman–Crippen LogP) is 1.01. The number of hydrogen-bond donors (Lipinski definition) is 4. The normalized spacial score (nSPS) is 11.8. The van der Waals surface area contributed by atoms with Crippen LogP contribution in [0.3, 0.4) is 0 Å². The number of carbonyl (C=O) groups is 2. The van der Waals surface area contributed by atoms with Crippen LogP contribution < -0.4 is 10.6 Å². The number of carboxylic acids is 1. The van der Waals surface area contributed by atoms with E-state index in [1.54, 1.807) is 11.3 Å². The van der Waals surface area contributed by atoms with Crippen molar-refractivity contribution in [3.05, 3.63) is 40.6 Å². The lowest BCUT2D eigenvalue weighted by Crippen LogP contribution is -2.47. The Hall–Kier alpha value is -2.35. The number of rotatable bonds is 7. The van der Waals surface area contributed by atoms with E-state index in [1.165, 1.54) is 12.5 Å². The van der Waals surface area contributed by atoms with E-state index in [2.05, 4.69) is 20.6 Å². The number of nitrogens with zero attached hydrogens (tertiary/aromatic N) is 1. The number of thiophene rings is 1. The van der Waals surface area contributed by atoms with Crippen LogP contribution in [0.25, 0.3) is 0 Å². The van der Waals surface area contributed by atoms with Gasteiger partial charge in [0.2, 0.25) is 0 Å². The van der Waals surface area contributed by atoms with Crippen molar-refractivity contribution in [3.63, 3.8) is 0 Å². The number of amides is 2. The highest BCUT2D eigenvalue weighted by molar-refractivity contribution is 7.07. The Balaban J connectivity index is 1.76. The average Bonchev–Trinajstić information content (AvgIpc) is 3.10. The minimum atomic E-state index is -1.09. The smallest absolute Gasteiger partial charge is 0.326 e. The monoisotopic (exact) mass is 308 g/mol. The second-order valence-corrected chi connectivity index (χ2v) is 5.23. The highest BCUT2D eigenvalue weighted by Gasteiger charge is 2.20. The summed E-state index contributed by atoms with van der Waals surface area (Å²) in [6.07, 6.45) is 3.88. The Labute approximate surface area is 125 Å². The van der Waals surface area contributed by atoms with Crippen LogP contribution in [-0.4, -0.2) is 39.7 Å². The van der Waals surface area contributed by atoms with E-state index in [0.29, 0.717) is 12.2 Å². The van der Waals surface area contributed by atoms with Crippen molar-refractivity contribution in [1.82, 2.24) is 20.6 Å². The summed E-state index contributed by atoms with van der Waals surface area (Å²) >= 11 is 1.60. The SMILES string of the molecule is O=C(NCCc1ccsc1)NC(Cc1cnc[nH]1)C(=O)O. The fourth-order valence-corrected chi connectivity index (χ4v) is 2.48. The standard InChI is InChI=1S/C13H16N4O3S/c18-12(19)11(5-10-6-14-8-16-10)17-13(20)15-3-1-9-2-4-21-7-9/h2,4,6-8,11H,1,3,5H2,(H,14,16)(H,18,19)(H2,15,17,20). The highest BCUT2D eigenvalue weighted by atomic mass is 32.1. The Morgan fingerprint density at radius 2 is 2.33 bits per heavy atom. The summed E-state index contributed by atoms with van der Waals surface area (Å²) < 4.78 is 0. The van der Waals surface area contributed by atoms with Gasteiger partial charge in [0.05, 0.1) is 6.33 Å². The van der Waals surface area contributed by atoms with Gasteiger partial charge in [-0.3, -0.25) is 0 Å². The number of urea groups is 1. The fourth-order valence-electron chi connectivity index (χ4n) is 1.78. The van der Waals surface area contributed by atoms with Crippen molar-refractivity contribution in [2.45, 2.75) is 18.9 Å². The molecule has 2 rings (SSSR count). The maximum absolute atomic E-state index is 11.7. The third kappa shape index (κ3) is 4.92. The molecule has 2 heterocycles. The summed E-state index contributed by atoms with van der Waals surface area (Å²) in [6, 6.07) is 0.506. The molecule has 112 valence electrons. The first-order valence-corrected chi connectivity index (χ1v) is 7.35. The van der Waals surface area contributed by atoms with Gasteiger partial charge in [-0.05, 0) is 28.8 Å². The highest BCUT2D eigenvalue weighted by Crippen LogP contribution is 2.05. The van der Waals surface area contributed by atoms with Crippen LogP contribution in [0.5, 0.6) is 0 Å². The molecule has 0 aliphatic carbocycles. The molecular formula is C13H16N4O3S. The Kier molecular flexibility index (Phi) is 5.33. The van der Waals surface area contributed by atoms with Crippen molar-refractivity contribution in [1.29, 1.82) is 0 Å². The lowest BCUT2D eigenvalue weighted by molar-refractivity contribution is -0.139. The van der Waals surface area contributed by atoms with Gasteiger partial charge in [0, 0.05) is 24.9 Å². The van der Waals surface area contributed by atoms with E-state index in [0.717, 1.165) is 12.0 Å². The van der Waals surface area contributed by atoms with E-state index in [9.17, 15) is 9.59 Å². The molecule has 0 saturated heterocycles. The van der Waals surface area contributed by atoms with E-state index in [-0.39, 0.29) is 6.42 Å². The molecule has 1 atom stereocenters. The van der Waals surface area contributed by atoms with Crippen LogP contribution in [-0.2, 0) is 17.6 Å². The van der Waals surface area contributed by atoms with Gasteiger partial charge in [0.15, 0.2) is 0 Å². The molecule has 4 N–H and O–H groups in total. The third-order valence-electron chi connectivity index (χ3n) is 2.86. The Morgan fingerprint density at radius 1 is 1.48 bits per heavy atom. The van der Waals surface area contributed by atoms with Gasteiger partial charge in [-0.25, -0.2) is 14.6 Å². The summed E-state index contributed by atoms with van der Waals surface area (Å²) in [5.41, 5.74) is 1.80. The topological polar surface area (TPSA) is 107 Å². The molecule has 0 radical (unpaired) electrons. The lowest BCUT2D eigenvalue weighted by atomic mass is 10.1. The molecule has 0 aliphatic rings. The maximum Gasteiger partial charge on any atom is 0.326 e. The van der Waals surface area contributed by atoms with Crippen LogP contribution in [0, 0.1) is 0 Å². The van der Waals surface area contributed by atoms with Crippen molar-refractivity contribution in [2.75, 3.05) is 6.54 Å². The van der Waals surface area contributed by atoms with Gasteiger partial charge >= 0.3 is 12.0 Å². The Morgan fingerprint density at radius 3 is 2.95 bits per heavy atom.